The molecule has 1 atom stereocenters. The first-order chi connectivity index (χ1) is 14.1. The second-order valence-corrected chi connectivity index (χ2v) is 18.9. The summed E-state index contributed by atoms with van der Waals surface area (Å²) in [5.74, 6) is 0.379. The minimum Gasteiger partial charge on any atom is -1.00 e. The van der Waals surface area contributed by atoms with E-state index in [1.807, 2.05) is 0 Å². The van der Waals surface area contributed by atoms with Crippen molar-refractivity contribution in [2.45, 2.75) is 59.0 Å². The Morgan fingerprint density at radius 3 is 2.00 bits per heavy atom. The third kappa shape index (κ3) is 6.41. The maximum absolute atomic E-state index is 2.39. The van der Waals surface area contributed by atoms with Gasteiger partial charge in [-0.05, 0) is 35.1 Å². The van der Waals surface area contributed by atoms with Crippen LogP contribution in [0.2, 0.25) is 13.1 Å². The molecule has 0 bridgehead atoms. The number of fused-ring (bicyclic) bond motifs is 1. The van der Waals surface area contributed by atoms with Crippen molar-refractivity contribution in [3.8, 4) is 11.1 Å². The summed E-state index contributed by atoms with van der Waals surface area (Å²) >= 11 is 1.74. The van der Waals surface area contributed by atoms with Crippen LogP contribution in [0.3, 0.4) is 0 Å². The molecule has 0 nitrogen and oxygen atoms in total. The quantitative estimate of drug-likeness (QED) is 0.333. The molecule has 0 saturated heterocycles. The molecule has 32 heavy (non-hydrogen) atoms. The molecule has 3 aromatic rings. The van der Waals surface area contributed by atoms with E-state index >= 15 is 0 Å². The van der Waals surface area contributed by atoms with Crippen molar-refractivity contribution in [2.75, 3.05) is 0 Å². The van der Waals surface area contributed by atoms with E-state index in [2.05, 4.69) is 114 Å². The Bertz CT molecular complexity index is 1080. The maximum Gasteiger partial charge on any atom is -1.00 e. The Labute approximate surface area is 222 Å². The number of benzene rings is 2. The molecule has 1 unspecified atom stereocenters. The fourth-order valence-corrected chi connectivity index (χ4v) is 4.54. The van der Waals surface area contributed by atoms with Gasteiger partial charge in [0.2, 0.25) is 0 Å². The summed E-state index contributed by atoms with van der Waals surface area (Å²) in [5.41, 5.74) is 11.7. The number of halogens is 2. The number of rotatable bonds is 2. The predicted octanol–water partition coefficient (Wildman–Crippen LogP) is 2.02. The topological polar surface area (TPSA) is 0 Å². The van der Waals surface area contributed by atoms with Gasteiger partial charge in [0.25, 0.3) is 0 Å². The maximum atomic E-state index is 2.39. The van der Waals surface area contributed by atoms with E-state index in [1.165, 1.54) is 44.5 Å². The van der Waals surface area contributed by atoms with Crippen LogP contribution < -0.4 is 24.8 Å². The first-order valence-corrected chi connectivity index (χ1v) is 16.9. The van der Waals surface area contributed by atoms with Gasteiger partial charge in [0.15, 0.2) is 0 Å². The first-order valence-electron chi connectivity index (χ1n) is 10.8. The van der Waals surface area contributed by atoms with Crippen molar-refractivity contribution in [3.63, 3.8) is 0 Å². The fraction of sp³-hybridized carbons (Fsp3) is 0.321. The molecule has 1 aliphatic rings. The molecular formula is C28H33Cl2SiZr-. The van der Waals surface area contributed by atoms with Gasteiger partial charge in [-0.2, -0.15) is 17.2 Å². The van der Waals surface area contributed by atoms with Gasteiger partial charge in [-0.1, -0.05) is 93.3 Å². The molecule has 0 spiro atoms. The summed E-state index contributed by atoms with van der Waals surface area (Å²) in [6.07, 6.45) is 2.39. The van der Waals surface area contributed by atoms with Crippen molar-refractivity contribution < 1.29 is 48.1 Å². The van der Waals surface area contributed by atoms with Crippen LogP contribution in [0.5, 0.6) is 0 Å². The summed E-state index contributed by atoms with van der Waals surface area (Å²) in [5, 5.41) is 0. The molecule has 1 aliphatic carbocycles. The van der Waals surface area contributed by atoms with Crippen molar-refractivity contribution in [3.05, 3.63) is 94.1 Å². The molecule has 0 amide bonds. The standard InChI is InChI=1S/C26H27.C2H6Si.2ClH.Zr/c1-17-16-23-21(19-10-7-6-8-11-19)12-9-13-22(23)25(17)20-14-15-24(18(20)2)26(3,4)5;1-3-2;;;/h6-16,25H,1-5H3;1-2H3;2*1H;/q-1;;;;+2/p-2. The van der Waals surface area contributed by atoms with Crippen molar-refractivity contribution in [1.82, 2.24) is 0 Å². The number of allylic oxidation sites excluding steroid dienone is 1. The molecule has 0 saturated carbocycles. The van der Waals surface area contributed by atoms with Gasteiger partial charge in [-0.15, -0.1) is 5.56 Å². The molecule has 0 aromatic heterocycles. The number of hydrogen-bond acceptors (Lipinski definition) is 0. The van der Waals surface area contributed by atoms with Crippen LogP contribution in [0.4, 0.5) is 0 Å². The summed E-state index contributed by atoms with van der Waals surface area (Å²) in [7, 11) is 0. The van der Waals surface area contributed by atoms with Crippen LogP contribution in [0.1, 0.15) is 61.4 Å². The number of hydrogen-bond donors (Lipinski definition) is 0. The Hall–Kier alpha value is -0.790. The smallest absolute Gasteiger partial charge is 1.00 e. The molecule has 0 aliphatic heterocycles. The van der Waals surface area contributed by atoms with Crippen LogP contribution in [-0.2, 0) is 28.8 Å². The molecular weight excluding hydrogens is 527 g/mol. The van der Waals surface area contributed by atoms with Gasteiger partial charge in [0.1, 0.15) is 0 Å². The minimum absolute atomic E-state index is 0. The van der Waals surface area contributed by atoms with Gasteiger partial charge in [0.05, 0.1) is 0 Å². The van der Waals surface area contributed by atoms with E-state index in [9.17, 15) is 0 Å². The van der Waals surface area contributed by atoms with Gasteiger partial charge in [-0.25, -0.2) is 6.07 Å². The molecule has 0 heterocycles. The largest absolute Gasteiger partial charge is 1.00 e. The minimum atomic E-state index is 0. The molecule has 168 valence electrons. The van der Waals surface area contributed by atoms with Crippen LogP contribution in [0.15, 0.2) is 66.2 Å². The first kappa shape index (κ1) is 29.2. The zero-order chi connectivity index (χ0) is 22.1. The fourth-order valence-electron chi connectivity index (χ4n) is 4.54. The van der Waals surface area contributed by atoms with Crippen molar-refractivity contribution in [2.24, 2.45) is 0 Å². The summed E-state index contributed by atoms with van der Waals surface area (Å²) in [6, 6.07) is 22.2. The van der Waals surface area contributed by atoms with Gasteiger partial charge in [-0.3, -0.25) is 0 Å². The predicted molar refractivity (Wildman–Crippen MR) is 130 cm³/mol. The van der Waals surface area contributed by atoms with E-state index in [0.717, 1.165) is 0 Å². The van der Waals surface area contributed by atoms with E-state index in [4.69, 9.17) is 0 Å². The molecule has 4 rings (SSSR count). The monoisotopic (exact) mass is 557 g/mol. The van der Waals surface area contributed by atoms with E-state index in [-0.39, 0.29) is 35.7 Å². The van der Waals surface area contributed by atoms with Gasteiger partial charge >= 0.3 is 41.9 Å². The summed E-state index contributed by atoms with van der Waals surface area (Å²) < 4.78 is 0. The van der Waals surface area contributed by atoms with Gasteiger partial charge in [0, 0.05) is 0 Å². The molecule has 0 radical (unpaired) electrons. The van der Waals surface area contributed by atoms with Crippen molar-refractivity contribution >= 4 is 11.5 Å². The second kappa shape index (κ2) is 12.1. The normalized spacial score (nSPS) is 14.3. The molecule has 0 N–H and O–H groups in total. The van der Waals surface area contributed by atoms with E-state index in [1.54, 1.807) is 23.3 Å². The Kier molecular flexibility index (Phi) is 11.0. The van der Waals surface area contributed by atoms with Crippen LogP contribution in [0.25, 0.3) is 17.2 Å². The Morgan fingerprint density at radius 2 is 1.47 bits per heavy atom. The Balaban J connectivity index is 0.000000790. The zero-order valence-corrected chi connectivity index (χ0v) is 25.2. The SMILES string of the molecule is CC1=Cc2c(-c3ccccc3)cccc2C1[c-]1ccc(C(C)(C)C)c1C.C[Si](C)=[Zr+2].[Cl-].[Cl-]. The molecule has 4 heteroatoms. The zero-order valence-electron chi connectivity index (χ0n) is 20.2. The molecule has 3 aromatic carbocycles. The summed E-state index contributed by atoms with van der Waals surface area (Å²) in [6.45, 7) is 16.1. The third-order valence-electron chi connectivity index (χ3n) is 5.75. The van der Waals surface area contributed by atoms with Gasteiger partial charge < -0.3 is 24.8 Å². The van der Waals surface area contributed by atoms with Crippen LogP contribution in [-0.4, -0.2) is 5.43 Å². The van der Waals surface area contributed by atoms with Crippen molar-refractivity contribution in [1.29, 1.82) is 0 Å². The van der Waals surface area contributed by atoms with Crippen LogP contribution in [0, 0.1) is 6.92 Å². The van der Waals surface area contributed by atoms with Crippen LogP contribution >= 0.6 is 0 Å². The average molecular weight is 560 g/mol. The van der Waals surface area contributed by atoms with E-state index in [0.29, 0.717) is 5.92 Å². The average Bonchev–Trinajstić information content (AvgIpc) is 3.20. The third-order valence-corrected chi connectivity index (χ3v) is 5.75. The summed E-state index contributed by atoms with van der Waals surface area (Å²) in [4.78, 5) is 0. The Morgan fingerprint density at radius 1 is 0.875 bits per heavy atom. The van der Waals surface area contributed by atoms with E-state index < -0.39 is 0 Å². The second-order valence-electron chi connectivity index (χ2n) is 9.57. The molecule has 0 fully saturated rings.